The Kier molecular flexibility index (Phi) is 3.13. The molecule has 1 rings (SSSR count). The van der Waals surface area contributed by atoms with Crippen LogP contribution in [0.2, 0.25) is 0 Å². The molecule has 0 radical (unpaired) electrons. The van der Waals surface area contributed by atoms with Crippen molar-refractivity contribution in [1.29, 1.82) is 0 Å². The molecule has 0 bridgehead atoms. The fraction of sp³-hybridized carbons (Fsp3) is 0.250. The molecule has 0 unspecified atom stereocenters. The van der Waals surface area contributed by atoms with Crippen LogP contribution in [0.25, 0.3) is 0 Å². The Labute approximate surface area is 83.5 Å². The zero-order valence-corrected chi connectivity index (χ0v) is 7.72. The van der Waals surface area contributed by atoms with Gasteiger partial charge in [-0.3, -0.25) is 15.6 Å². The first-order valence-electron chi connectivity index (χ1n) is 3.96. The van der Waals surface area contributed by atoms with Gasteiger partial charge in [0, 0.05) is 6.92 Å². The number of aromatic nitrogens is 1. The van der Waals surface area contributed by atoms with Gasteiger partial charge in [0.1, 0.15) is 11.5 Å². The van der Waals surface area contributed by atoms with E-state index in [4.69, 9.17) is 0 Å². The first-order valence-corrected chi connectivity index (χ1v) is 3.96. The predicted molar refractivity (Wildman–Crippen MR) is 46.7 cm³/mol. The molecule has 1 heterocycles. The van der Waals surface area contributed by atoms with E-state index in [0.29, 0.717) is 0 Å². The highest BCUT2D eigenvalue weighted by Gasteiger charge is 2.32. The SMILES string of the molecule is CC(=O)NNc1cccc(C(F)(F)F)n1. The highest BCUT2D eigenvalue weighted by molar-refractivity contribution is 5.74. The lowest BCUT2D eigenvalue weighted by molar-refractivity contribution is -0.141. The van der Waals surface area contributed by atoms with Crippen molar-refractivity contribution in [2.24, 2.45) is 0 Å². The molecule has 15 heavy (non-hydrogen) atoms. The van der Waals surface area contributed by atoms with E-state index in [-0.39, 0.29) is 5.82 Å². The number of carbonyl (C=O) groups is 1. The first-order chi connectivity index (χ1) is 6.89. The molecule has 82 valence electrons. The number of alkyl halides is 3. The average Bonchev–Trinajstić information content (AvgIpc) is 2.14. The third kappa shape index (κ3) is 3.45. The summed E-state index contributed by atoms with van der Waals surface area (Å²) in [6.07, 6.45) is -4.49. The number of anilines is 1. The number of nitrogens with zero attached hydrogens (tertiary/aromatic N) is 1. The van der Waals surface area contributed by atoms with E-state index in [0.717, 1.165) is 6.07 Å². The number of amides is 1. The molecule has 4 nitrogen and oxygen atoms in total. The van der Waals surface area contributed by atoms with Crippen molar-refractivity contribution >= 4 is 11.7 Å². The lowest BCUT2D eigenvalue weighted by Crippen LogP contribution is -2.27. The van der Waals surface area contributed by atoms with Crippen molar-refractivity contribution in [2.45, 2.75) is 13.1 Å². The van der Waals surface area contributed by atoms with Gasteiger partial charge in [0.2, 0.25) is 5.91 Å². The fourth-order valence-corrected chi connectivity index (χ4v) is 0.814. The quantitative estimate of drug-likeness (QED) is 0.742. The molecule has 0 aliphatic rings. The van der Waals surface area contributed by atoms with E-state index in [1.165, 1.54) is 19.1 Å². The Morgan fingerprint density at radius 3 is 2.60 bits per heavy atom. The summed E-state index contributed by atoms with van der Waals surface area (Å²) in [6.45, 7) is 1.22. The Hall–Kier alpha value is -1.79. The maximum atomic E-state index is 12.2. The van der Waals surface area contributed by atoms with Crippen LogP contribution in [0.1, 0.15) is 12.6 Å². The Morgan fingerprint density at radius 1 is 1.40 bits per heavy atom. The van der Waals surface area contributed by atoms with E-state index >= 15 is 0 Å². The topological polar surface area (TPSA) is 54.0 Å². The summed E-state index contributed by atoms with van der Waals surface area (Å²) >= 11 is 0. The molecule has 1 aromatic rings. The van der Waals surface area contributed by atoms with Gasteiger partial charge in [0.15, 0.2) is 0 Å². The fourth-order valence-electron chi connectivity index (χ4n) is 0.814. The van der Waals surface area contributed by atoms with Crippen LogP contribution in [-0.2, 0) is 11.0 Å². The second-order valence-electron chi connectivity index (χ2n) is 2.71. The first kappa shape index (κ1) is 11.3. The highest BCUT2D eigenvalue weighted by atomic mass is 19.4. The minimum Gasteiger partial charge on any atom is -0.282 e. The van der Waals surface area contributed by atoms with Gasteiger partial charge in [-0.2, -0.15) is 13.2 Å². The van der Waals surface area contributed by atoms with Gasteiger partial charge >= 0.3 is 6.18 Å². The molecule has 0 aromatic carbocycles. The average molecular weight is 219 g/mol. The molecule has 0 saturated heterocycles. The molecule has 0 atom stereocenters. The smallest absolute Gasteiger partial charge is 0.282 e. The maximum absolute atomic E-state index is 12.2. The maximum Gasteiger partial charge on any atom is 0.433 e. The summed E-state index contributed by atoms with van der Waals surface area (Å²) in [5, 5.41) is 0. The van der Waals surface area contributed by atoms with Crippen molar-refractivity contribution in [3.63, 3.8) is 0 Å². The van der Waals surface area contributed by atoms with E-state index in [1.807, 2.05) is 0 Å². The number of hydrogen-bond acceptors (Lipinski definition) is 3. The van der Waals surface area contributed by atoms with E-state index in [2.05, 4.69) is 15.8 Å². The summed E-state index contributed by atoms with van der Waals surface area (Å²) in [7, 11) is 0. The van der Waals surface area contributed by atoms with Gasteiger partial charge in [0.25, 0.3) is 0 Å². The second kappa shape index (κ2) is 4.16. The molecule has 0 spiro atoms. The van der Waals surface area contributed by atoms with Crippen LogP contribution in [-0.4, -0.2) is 10.9 Å². The zero-order valence-electron chi connectivity index (χ0n) is 7.72. The number of carbonyl (C=O) groups excluding carboxylic acids is 1. The minimum absolute atomic E-state index is 0.0694. The molecular formula is C8H8F3N3O. The van der Waals surface area contributed by atoms with Crippen LogP contribution < -0.4 is 10.9 Å². The van der Waals surface area contributed by atoms with Gasteiger partial charge in [-0.15, -0.1) is 0 Å². The van der Waals surface area contributed by atoms with Gasteiger partial charge in [-0.25, -0.2) is 4.98 Å². The zero-order chi connectivity index (χ0) is 11.5. The molecule has 0 aliphatic carbocycles. The third-order valence-corrected chi connectivity index (χ3v) is 1.41. The number of halogens is 3. The summed E-state index contributed by atoms with van der Waals surface area (Å²) in [6, 6.07) is 3.35. The van der Waals surface area contributed by atoms with E-state index < -0.39 is 17.8 Å². The standard InChI is InChI=1S/C8H8F3N3O/c1-5(15)13-14-7-4-2-3-6(12-7)8(9,10)11/h2-4H,1H3,(H,12,14)(H,13,15). The number of rotatable bonds is 2. The van der Waals surface area contributed by atoms with Gasteiger partial charge in [-0.1, -0.05) is 6.07 Å². The van der Waals surface area contributed by atoms with Crippen LogP contribution >= 0.6 is 0 Å². The monoisotopic (exact) mass is 219 g/mol. The van der Waals surface area contributed by atoms with Crippen LogP contribution in [0.15, 0.2) is 18.2 Å². The van der Waals surface area contributed by atoms with Crippen molar-refractivity contribution in [3.05, 3.63) is 23.9 Å². The molecule has 0 fully saturated rings. The van der Waals surface area contributed by atoms with E-state index in [9.17, 15) is 18.0 Å². The lowest BCUT2D eigenvalue weighted by atomic mass is 10.3. The second-order valence-corrected chi connectivity index (χ2v) is 2.71. The van der Waals surface area contributed by atoms with Gasteiger partial charge in [0.05, 0.1) is 0 Å². The summed E-state index contributed by atoms with van der Waals surface area (Å²) in [5.41, 5.74) is 3.35. The van der Waals surface area contributed by atoms with Gasteiger partial charge in [-0.05, 0) is 12.1 Å². The lowest BCUT2D eigenvalue weighted by Gasteiger charge is -2.09. The van der Waals surface area contributed by atoms with Crippen LogP contribution in [0.5, 0.6) is 0 Å². The number of nitrogens with one attached hydrogen (secondary N) is 2. The summed E-state index contributed by atoms with van der Waals surface area (Å²) < 4.78 is 36.6. The highest BCUT2D eigenvalue weighted by Crippen LogP contribution is 2.27. The van der Waals surface area contributed by atoms with Crippen LogP contribution in [0.3, 0.4) is 0 Å². The predicted octanol–water partition coefficient (Wildman–Crippen LogP) is 1.56. The largest absolute Gasteiger partial charge is 0.433 e. The molecule has 7 heteroatoms. The molecule has 0 aliphatic heterocycles. The Morgan fingerprint density at radius 2 is 2.07 bits per heavy atom. The molecule has 1 amide bonds. The van der Waals surface area contributed by atoms with Crippen molar-refractivity contribution < 1.29 is 18.0 Å². The molecular weight excluding hydrogens is 211 g/mol. The van der Waals surface area contributed by atoms with Crippen LogP contribution in [0, 0.1) is 0 Å². The van der Waals surface area contributed by atoms with Crippen LogP contribution in [0.4, 0.5) is 19.0 Å². The summed E-state index contributed by atoms with van der Waals surface area (Å²) in [4.78, 5) is 13.7. The van der Waals surface area contributed by atoms with Crippen molar-refractivity contribution in [3.8, 4) is 0 Å². The van der Waals surface area contributed by atoms with Gasteiger partial charge < -0.3 is 0 Å². The van der Waals surface area contributed by atoms with Crippen molar-refractivity contribution in [1.82, 2.24) is 10.4 Å². The molecule has 0 saturated carbocycles. The van der Waals surface area contributed by atoms with E-state index in [1.54, 1.807) is 0 Å². The number of pyridine rings is 1. The third-order valence-electron chi connectivity index (χ3n) is 1.41. The normalized spacial score (nSPS) is 10.9. The minimum atomic E-state index is -4.49. The Bertz CT molecular complexity index is 364. The summed E-state index contributed by atoms with van der Waals surface area (Å²) in [5.74, 6) is -0.491. The number of hydrazine groups is 1. The Balaban J connectivity index is 2.79. The molecule has 1 aromatic heterocycles. The van der Waals surface area contributed by atoms with Crippen molar-refractivity contribution in [2.75, 3.05) is 5.43 Å². The molecule has 2 N–H and O–H groups in total. The number of hydrogen-bond donors (Lipinski definition) is 2.